The molecule has 1 aromatic heterocycles. The lowest BCUT2D eigenvalue weighted by Crippen LogP contribution is -2.51. The van der Waals surface area contributed by atoms with Crippen LogP contribution in [0, 0.1) is 5.41 Å². The quantitative estimate of drug-likeness (QED) is 0.758. The lowest BCUT2D eigenvalue weighted by molar-refractivity contribution is 0.00695. The maximum absolute atomic E-state index is 12.9. The van der Waals surface area contributed by atoms with Crippen LogP contribution in [-0.2, 0) is 29.6 Å². The molecule has 1 aliphatic heterocycles. The number of carbonyl (C=O) groups excluding carboxylic acids is 1. The molecule has 158 valence electrons. The summed E-state index contributed by atoms with van der Waals surface area (Å²) in [5.41, 5.74) is 1.81. The number of amides is 1. The number of aryl methyl sites for hydroxylation is 1. The molecule has 1 N–H and O–H groups in total. The van der Waals surface area contributed by atoms with E-state index >= 15 is 0 Å². The predicted molar refractivity (Wildman–Crippen MR) is 110 cm³/mol. The van der Waals surface area contributed by atoms with Crippen LogP contribution in [0.1, 0.15) is 71.7 Å². The molecule has 1 amide bonds. The van der Waals surface area contributed by atoms with E-state index in [0.29, 0.717) is 13.1 Å². The van der Waals surface area contributed by atoms with Crippen LogP contribution in [0.15, 0.2) is 6.20 Å². The molecular formula is C20H34N4O3S. The molecule has 2 atom stereocenters. The van der Waals surface area contributed by atoms with Crippen LogP contribution in [0.25, 0.3) is 0 Å². The van der Waals surface area contributed by atoms with Crippen LogP contribution in [0.3, 0.4) is 0 Å². The average Bonchev–Trinajstić information content (AvgIpc) is 3.04. The Morgan fingerprint density at radius 3 is 2.43 bits per heavy atom. The molecule has 28 heavy (non-hydrogen) atoms. The molecule has 1 aromatic rings. The van der Waals surface area contributed by atoms with Crippen molar-refractivity contribution in [2.75, 3.05) is 13.1 Å². The molecule has 2 heterocycles. The van der Waals surface area contributed by atoms with E-state index in [0.717, 1.165) is 24.8 Å². The first kappa shape index (κ1) is 21.5. The van der Waals surface area contributed by atoms with Crippen LogP contribution in [0.4, 0.5) is 4.79 Å². The van der Waals surface area contributed by atoms with Gasteiger partial charge in [-0.1, -0.05) is 0 Å². The number of ether oxygens (including phenoxy) is 1. The number of nitrogens with zero attached hydrogens (tertiary/aromatic N) is 3. The van der Waals surface area contributed by atoms with Gasteiger partial charge in [0.2, 0.25) is 0 Å². The lowest BCUT2D eigenvalue weighted by Gasteiger charge is -2.43. The van der Waals surface area contributed by atoms with Crippen molar-refractivity contribution in [1.82, 2.24) is 19.4 Å². The van der Waals surface area contributed by atoms with Crippen LogP contribution in [0.5, 0.6) is 0 Å². The van der Waals surface area contributed by atoms with Crippen molar-refractivity contribution in [3.63, 3.8) is 0 Å². The predicted octanol–water partition coefficient (Wildman–Crippen LogP) is 3.09. The summed E-state index contributed by atoms with van der Waals surface area (Å²) in [6, 6.07) is -0.0166. The van der Waals surface area contributed by atoms with Gasteiger partial charge in [-0.2, -0.15) is 5.10 Å². The first-order chi connectivity index (χ1) is 12.8. The van der Waals surface area contributed by atoms with Crippen molar-refractivity contribution < 1.29 is 14.1 Å². The number of hydrogen-bond acceptors (Lipinski definition) is 5. The number of carbonyl (C=O) groups is 1. The Hall–Kier alpha value is -1.25. The summed E-state index contributed by atoms with van der Waals surface area (Å²) in [5, 5.41) is 4.41. The van der Waals surface area contributed by atoms with E-state index < -0.39 is 17.0 Å². The topological polar surface area (TPSA) is 82.5 Å². The minimum Gasteiger partial charge on any atom is -0.598 e. The Kier molecular flexibility index (Phi) is 5.53. The summed E-state index contributed by atoms with van der Waals surface area (Å²) >= 11 is -1.18. The molecule has 3 rings (SSSR count). The fourth-order valence-corrected chi connectivity index (χ4v) is 5.05. The Labute approximate surface area is 171 Å². The van der Waals surface area contributed by atoms with Gasteiger partial charge < -0.3 is 14.2 Å². The number of rotatable bonds is 2. The summed E-state index contributed by atoms with van der Waals surface area (Å²) in [5.74, 6) is 0. The van der Waals surface area contributed by atoms with E-state index in [1.54, 1.807) is 4.90 Å². The Morgan fingerprint density at radius 1 is 1.29 bits per heavy atom. The summed E-state index contributed by atoms with van der Waals surface area (Å²) in [4.78, 5) is 14.3. The van der Waals surface area contributed by atoms with Crippen molar-refractivity contribution >= 4 is 17.5 Å². The molecule has 1 unspecified atom stereocenters. The van der Waals surface area contributed by atoms with E-state index in [1.807, 2.05) is 59.5 Å². The van der Waals surface area contributed by atoms with E-state index in [4.69, 9.17) is 4.74 Å². The minimum atomic E-state index is -1.18. The van der Waals surface area contributed by atoms with E-state index in [9.17, 15) is 9.35 Å². The van der Waals surface area contributed by atoms with E-state index in [-0.39, 0.29) is 22.3 Å². The van der Waals surface area contributed by atoms with Crippen molar-refractivity contribution in [3.8, 4) is 0 Å². The SMILES string of the molecule is Cn1ncc2c1CC1(CCN(C(=O)OC(C)(C)C)CC1)[C@@H]2N[S+]([O-])C(C)(C)C. The fourth-order valence-electron chi connectivity index (χ4n) is 4.10. The molecule has 1 saturated heterocycles. The van der Waals surface area contributed by atoms with Crippen molar-refractivity contribution in [2.45, 2.75) is 77.2 Å². The highest BCUT2D eigenvalue weighted by molar-refractivity contribution is 7.90. The number of nitrogens with one attached hydrogen (secondary N) is 1. The summed E-state index contributed by atoms with van der Waals surface area (Å²) in [7, 11) is 1.96. The molecule has 7 nitrogen and oxygen atoms in total. The van der Waals surface area contributed by atoms with Crippen molar-refractivity contribution in [3.05, 3.63) is 17.5 Å². The van der Waals surface area contributed by atoms with Gasteiger partial charge in [-0.3, -0.25) is 4.68 Å². The molecule has 2 aliphatic rings. The highest BCUT2D eigenvalue weighted by Gasteiger charge is 2.52. The van der Waals surface area contributed by atoms with Gasteiger partial charge in [0.15, 0.2) is 0 Å². The minimum absolute atomic E-state index is 0.0166. The van der Waals surface area contributed by atoms with E-state index in [1.165, 1.54) is 5.69 Å². The maximum Gasteiger partial charge on any atom is 0.410 e. The largest absolute Gasteiger partial charge is 0.598 e. The first-order valence-corrected chi connectivity index (χ1v) is 11.1. The zero-order valence-electron chi connectivity index (χ0n) is 18.2. The molecule has 1 fully saturated rings. The van der Waals surface area contributed by atoms with Gasteiger partial charge in [0.05, 0.1) is 12.2 Å². The third-order valence-corrected chi connectivity index (χ3v) is 7.29. The van der Waals surface area contributed by atoms with Gasteiger partial charge in [-0.25, -0.2) is 4.79 Å². The van der Waals surface area contributed by atoms with E-state index in [2.05, 4.69) is 9.82 Å². The summed E-state index contributed by atoms with van der Waals surface area (Å²) < 4.78 is 23.4. The average molecular weight is 411 g/mol. The highest BCUT2D eigenvalue weighted by Crippen LogP contribution is 2.52. The molecule has 0 saturated carbocycles. The van der Waals surface area contributed by atoms with Crippen LogP contribution in [0.2, 0.25) is 0 Å². The van der Waals surface area contributed by atoms with Gasteiger partial charge in [-0.15, -0.1) is 4.72 Å². The number of likely N-dealkylation sites (tertiary alicyclic amines) is 1. The molecule has 0 radical (unpaired) electrons. The number of fused-ring (bicyclic) bond motifs is 1. The Balaban J connectivity index is 1.78. The first-order valence-electron chi connectivity index (χ1n) is 9.99. The zero-order valence-corrected chi connectivity index (χ0v) is 19.0. The monoisotopic (exact) mass is 410 g/mol. The third-order valence-electron chi connectivity index (χ3n) is 5.73. The molecule has 8 heteroatoms. The summed E-state index contributed by atoms with van der Waals surface area (Å²) in [6.45, 7) is 12.9. The van der Waals surface area contributed by atoms with Gasteiger partial charge in [-0.05, 0) is 60.8 Å². The van der Waals surface area contributed by atoms with Crippen LogP contribution < -0.4 is 4.72 Å². The molecular weight excluding hydrogens is 376 g/mol. The second-order valence-corrected chi connectivity index (χ2v) is 12.1. The number of piperidine rings is 1. The molecule has 1 aliphatic carbocycles. The number of aromatic nitrogens is 2. The Bertz CT molecular complexity index is 727. The normalized spacial score (nSPS) is 23.0. The zero-order chi connectivity index (χ0) is 20.9. The lowest BCUT2D eigenvalue weighted by atomic mass is 9.73. The molecule has 0 bridgehead atoms. The van der Waals surface area contributed by atoms with Gasteiger partial charge in [0.1, 0.15) is 10.3 Å². The smallest absolute Gasteiger partial charge is 0.410 e. The van der Waals surface area contributed by atoms with Crippen LogP contribution >= 0.6 is 0 Å². The van der Waals surface area contributed by atoms with Gasteiger partial charge in [0.25, 0.3) is 0 Å². The van der Waals surface area contributed by atoms with Crippen molar-refractivity contribution in [1.29, 1.82) is 0 Å². The van der Waals surface area contributed by atoms with Gasteiger partial charge >= 0.3 is 6.09 Å². The number of hydrogen-bond donors (Lipinski definition) is 1. The fraction of sp³-hybridized carbons (Fsp3) is 0.800. The van der Waals surface area contributed by atoms with Crippen molar-refractivity contribution in [2.24, 2.45) is 12.5 Å². The summed E-state index contributed by atoms with van der Waals surface area (Å²) in [6.07, 6.45) is 4.24. The third kappa shape index (κ3) is 4.19. The second-order valence-electron chi connectivity index (χ2n) is 10.1. The molecule has 1 spiro atoms. The molecule has 0 aromatic carbocycles. The Morgan fingerprint density at radius 2 is 1.89 bits per heavy atom. The highest BCUT2D eigenvalue weighted by atomic mass is 32.2. The van der Waals surface area contributed by atoms with Gasteiger partial charge in [0, 0.05) is 48.2 Å². The standard InChI is InChI=1S/C20H34N4O3S/c1-18(2,3)27-17(25)24-10-8-20(9-11-24)12-15-14(13-21-23(15)7)16(20)22-28(26)19(4,5)6/h13,16,22H,8-12H2,1-7H3/t16-,28?/m1/s1. The van der Waals surface area contributed by atoms with Crippen LogP contribution in [-0.4, -0.2) is 48.8 Å². The second kappa shape index (κ2) is 7.22. The maximum atomic E-state index is 12.9.